The van der Waals surface area contributed by atoms with Gasteiger partial charge in [0.1, 0.15) is 0 Å². The van der Waals surface area contributed by atoms with E-state index in [1.54, 1.807) is 20.0 Å². The molecule has 2 N–H and O–H groups in total. The Kier molecular flexibility index (Phi) is 4.88. The van der Waals surface area contributed by atoms with E-state index in [1.807, 2.05) is 0 Å². The Labute approximate surface area is 130 Å². The number of nitrogens with zero attached hydrogens (tertiary/aromatic N) is 2. The second-order valence-electron chi connectivity index (χ2n) is 6.93. The molecule has 1 aliphatic carbocycles. The molecule has 0 radical (unpaired) electrons. The zero-order chi connectivity index (χ0) is 16.3. The third kappa shape index (κ3) is 3.87. The van der Waals surface area contributed by atoms with Gasteiger partial charge in [0.2, 0.25) is 5.91 Å². The molecular weight excluding hydrogens is 282 g/mol. The van der Waals surface area contributed by atoms with Crippen LogP contribution in [0.25, 0.3) is 0 Å². The number of hydrogen-bond donors (Lipinski definition) is 2. The molecule has 6 nitrogen and oxygen atoms in total. The molecule has 1 aromatic heterocycles. The highest BCUT2D eigenvalue weighted by Crippen LogP contribution is 2.30. The third-order valence-corrected chi connectivity index (χ3v) is 4.48. The second-order valence-corrected chi connectivity index (χ2v) is 6.93. The van der Waals surface area contributed by atoms with Gasteiger partial charge in [-0.3, -0.25) is 9.48 Å². The number of carbonyl (C=O) groups is 2. The Morgan fingerprint density at radius 1 is 1.45 bits per heavy atom. The van der Waals surface area contributed by atoms with Crippen LogP contribution in [-0.2, 0) is 15.1 Å². The van der Waals surface area contributed by atoms with Crippen molar-refractivity contribution in [2.45, 2.75) is 58.4 Å². The molecule has 0 saturated heterocycles. The van der Waals surface area contributed by atoms with E-state index in [0.29, 0.717) is 23.9 Å². The molecule has 0 bridgehead atoms. The molecule has 22 heavy (non-hydrogen) atoms. The molecule has 1 saturated carbocycles. The molecule has 1 heterocycles. The number of hydrogen-bond acceptors (Lipinski definition) is 3. The van der Waals surface area contributed by atoms with E-state index >= 15 is 0 Å². The lowest BCUT2D eigenvalue weighted by Gasteiger charge is -2.26. The largest absolute Gasteiger partial charge is 0.479 e. The van der Waals surface area contributed by atoms with Crippen molar-refractivity contribution < 1.29 is 14.7 Å². The van der Waals surface area contributed by atoms with E-state index in [9.17, 15) is 14.7 Å². The maximum atomic E-state index is 12.1. The van der Waals surface area contributed by atoms with Gasteiger partial charge in [-0.1, -0.05) is 19.8 Å². The SMILES string of the molecule is CC1CCCC(CC(=O)Nc2cnn(C(C)(C)C(=O)O)c2)C1. The first-order valence-corrected chi connectivity index (χ1v) is 7.87. The zero-order valence-electron chi connectivity index (χ0n) is 13.5. The average Bonchev–Trinajstić information content (AvgIpc) is 2.87. The van der Waals surface area contributed by atoms with E-state index in [2.05, 4.69) is 17.3 Å². The van der Waals surface area contributed by atoms with Gasteiger partial charge in [-0.2, -0.15) is 5.10 Å². The van der Waals surface area contributed by atoms with Crippen LogP contribution in [0.3, 0.4) is 0 Å². The van der Waals surface area contributed by atoms with Gasteiger partial charge in [-0.25, -0.2) is 4.79 Å². The van der Waals surface area contributed by atoms with Gasteiger partial charge in [0.05, 0.1) is 11.9 Å². The number of carbonyl (C=O) groups excluding carboxylic acids is 1. The maximum Gasteiger partial charge on any atom is 0.331 e. The van der Waals surface area contributed by atoms with Gasteiger partial charge in [-0.15, -0.1) is 0 Å². The number of carboxylic acids is 1. The van der Waals surface area contributed by atoms with Crippen molar-refractivity contribution in [1.82, 2.24) is 9.78 Å². The number of rotatable bonds is 5. The second kappa shape index (κ2) is 6.50. The highest BCUT2D eigenvalue weighted by Gasteiger charge is 2.30. The van der Waals surface area contributed by atoms with Crippen LogP contribution in [-0.4, -0.2) is 26.8 Å². The number of anilines is 1. The van der Waals surface area contributed by atoms with Crippen LogP contribution in [0.1, 0.15) is 52.9 Å². The van der Waals surface area contributed by atoms with Crippen LogP contribution in [0.5, 0.6) is 0 Å². The minimum Gasteiger partial charge on any atom is -0.479 e. The number of nitrogens with one attached hydrogen (secondary N) is 1. The van der Waals surface area contributed by atoms with Gasteiger partial charge in [0.15, 0.2) is 5.54 Å². The fraction of sp³-hybridized carbons (Fsp3) is 0.688. The molecule has 1 fully saturated rings. The van der Waals surface area contributed by atoms with Gasteiger partial charge in [0.25, 0.3) is 0 Å². The minimum absolute atomic E-state index is 0.0215. The Balaban J connectivity index is 1.92. The predicted molar refractivity (Wildman–Crippen MR) is 83.6 cm³/mol. The molecule has 1 aliphatic rings. The predicted octanol–water partition coefficient (Wildman–Crippen LogP) is 2.86. The van der Waals surface area contributed by atoms with Crippen LogP contribution >= 0.6 is 0 Å². The molecule has 0 spiro atoms. The molecule has 1 aromatic rings. The zero-order valence-corrected chi connectivity index (χ0v) is 13.5. The summed E-state index contributed by atoms with van der Waals surface area (Å²) >= 11 is 0. The summed E-state index contributed by atoms with van der Waals surface area (Å²) in [6.45, 7) is 5.37. The molecule has 2 rings (SSSR count). The summed E-state index contributed by atoms with van der Waals surface area (Å²) in [6, 6.07) is 0. The molecule has 2 unspecified atom stereocenters. The normalized spacial score (nSPS) is 22.3. The average molecular weight is 307 g/mol. The fourth-order valence-corrected chi connectivity index (χ4v) is 3.01. The van der Waals surface area contributed by atoms with E-state index in [0.717, 1.165) is 12.8 Å². The van der Waals surface area contributed by atoms with Crippen molar-refractivity contribution in [2.75, 3.05) is 5.32 Å². The molecule has 2 atom stereocenters. The number of aliphatic carboxylic acids is 1. The lowest BCUT2D eigenvalue weighted by molar-refractivity contribution is -0.146. The molecular formula is C16H25N3O3. The van der Waals surface area contributed by atoms with Gasteiger partial charge in [-0.05, 0) is 38.5 Å². The van der Waals surface area contributed by atoms with Crippen molar-refractivity contribution in [3.63, 3.8) is 0 Å². The first kappa shape index (κ1) is 16.5. The Morgan fingerprint density at radius 2 is 2.18 bits per heavy atom. The van der Waals surface area contributed by atoms with Crippen molar-refractivity contribution in [3.05, 3.63) is 12.4 Å². The molecule has 122 valence electrons. The molecule has 6 heteroatoms. The van der Waals surface area contributed by atoms with Crippen molar-refractivity contribution >= 4 is 17.6 Å². The summed E-state index contributed by atoms with van der Waals surface area (Å²) in [6.07, 6.45) is 8.26. The van der Waals surface area contributed by atoms with Crippen molar-refractivity contribution in [2.24, 2.45) is 11.8 Å². The number of amides is 1. The lowest BCUT2D eigenvalue weighted by Crippen LogP contribution is -2.35. The summed E-state index contributed by atoms with van der Waals surface area (Å²) in [7, 11) is 0. The van der Waals surface area contributed by atoms with Crippen LogP contribution < -0.4 is 5.32 Å². The maximum absolute atomic E-state index is 12.1. The third-order valence-electron chi connectivity index (χ3n) is 4.48. The first-order chi connectivity index (χ1) is 10.3. The Hall–Kier alpha value is -1.85. The molecule has 1 amide bonds. The van der Waals surface area contributed by atoms with Crippen LogP contribution in [0, 0.1) is 11.8 Å². The van der Waals surface area contributed by atoms with E-state index < -0.39 is 11.5 Å². The highest BCUT2D eigenvalue weighted by atomic mass is 16.4. The summed E-state index contributed by atoms with van der Waals surface area (Å²) in [5.74, 6) is 0.163. The van der Waals surface area contributed by atoms with E-state index in [1.165, 1.54) is 23.7 Å². The summed E-state index contributed by atoms with van der Waals surface area (Å²) in [5.41, 5.74) is -0.593. The van der Waals surface area contributed by atoms with E-state index in [4.69, 9.17) is 0 Å². The van der Waals surface area contributed by atoms with Crippen LogP contribution in [0.4, 0.5) is 5.69 Å². The van der Waals surface area contributed by atoms with Crippen molar-refractivity contribution in [3.8, 4) is 0 Å². The summed E-state index contributed by atoms with van der Waals surface area (Å²) in [4.78, 5) is 23.3. The number of aromatic nitrogens is 2. The summed E-state index contributed by atoms with van der Waals surface area (Å²) in [5, 5.41) is 16.0. The minimum atomic E-state index is -1.14. The molecule has 0 aliphatic heterocycles. The summed E-state index contributed by atoms with van der Waals surface area (Å²) < 4.78 is 1.35. The smallest absolute Gasteiger partial charge is 0.331 e. The van der Waals surface area contributed by atoms with Crippen molar-refractivity contribution in [1.29, 1.82) is 0 Å². The monoisotopic (exact) mass is 307 g/mol. The standard InChI is InChI=1S/C16H25N3O3/c1-11-5-4-6-12(7-11)8-14(20)18-13-9-17-19(10-13)16(2,3)15(21)22/h9-12H,4-8H2,1-3H3,(H,18,20)(H,21,22). The fourth-order valence-electron chi connectivity index (χ4n) is 3.01. The topological polar surface area (TPSA) is 84.2 Å². The Bertz CT molecular complexity index is 551. The molecule has 0 aromatic carbocycles. The first-order valence-electron chi connectivity index (χ1n) is 7.87. The van der Waals surface area contributed by atoms with Crippen LogP contribution in [0.2, 0.25) is 0 Å². The van der Waals surface area contributed by atoms with E-state index in [-0.39, 0.29) is 5.91 Å². The van der Waals surface area contributed by atoms with Gasteiger partial charge >= 0.3 is 5.97 Å². The number of carboxylic acid groups (broad SMARTS) is 1. The Morgan fingerprint density at radius 3 is 2.82 bits per heavy atom. The van der Waals surface area contributed by atoms with Gasteiger partial charge in [0, 0.05) is 12.6 Å². The highest BCUT2D eigenvalue weighted by molar-refractivity contribution is 5.90. The quantitative estimate of drug-likeness (QED) is 0.876. The van der Waals surface area contributed by atoms with Crippen LogP contribution in [0.15, 0.2) is 12.4 Å². The lowest BCUT2D eigenvalue weighted by atomic mass is 9.81. The van der Waals surface area contributed by atoms with Gasteiger partial charge < -0.3 is 10.4 Å².